The van der Waals surface area contributed by atoms with E-state index in [2.05, 4.69) is 25.3 Å². The van der Waals surface area contributed by atoms with Crippen molar-refractivity contribution in [3.8, 4) is 0 Å². The van der Waals surface area contributed by atoms with E-state index in [1.165, 1.54) is 0 Å². The summed E-state index contributed by atoms with van der Waals surface area (Å²) < 4.78 is 11.2. The van der Waals surface area contributed by atoms with Crippen LogP contribution in [0.15, 0.2) is 53.1 Å². The van der Waals surface area contributed by atoms with Crippen molar-refractivity contribution in [2.45, 2.75) is 26.4 Å². The molecule has 0 saturated heterocycles. The van der Waals surface area contributed by atoms with Crippen LogP contribution in [0.3, 0.4) is 0 Å². The summed E-state index contributed by atoms with van der Waals surface area (Å²) in [5, 5.41) is 2.74. The molecule has 0 radical (unpaired) electrons. The van der Waals surface area contributed by atoms with Crippen LogP contribution < -0.4 is 28.3 Å². The first-order valence-corrected chi connectivity index (χ1v) is 9.54. The summed E-state index contributed by atoms with van der Waals surface area (Å²) in [6.07, 6.45) is 0.563. The highest BCUT2D eigenvalue weighted by Crippen LogP contribution is 2.11. The van der Waals surface area contributed by atoms with E-state index in [-0.39, 0.29) is 23.8 Å². The van der Waals surface area contributed by atoms with Gasteiger partial charge in [0, 0.05) is 27.1 Å². The third-order valence-electron chi connectivity index (χ3n) is 4.06. The number of nitrogens with zero attached hydrogens (tertiary/aromatic N) is 5. The predicted molar refractivity (Wildman–Crippen MR) is 121 cm³/mol. The second kappa shape index (κ2) is 11.3. The van der Waals surface area contributed by atoms with Gasteiger partial charge in [-0.3, -0.25) is 15.3 Å². The molecule has 0 atom stereocenters. The van der Waals surface area contributed by atoms with E-state index in [0.29, 0.717) is 31.8 Å². The summed E-state index contributed by atoms with van der Waals surface area (Å²) in [6.45, 7) is 3.03. The van der Waals surface area contributed by atoms with Crippen LogP contribution in [-0.2, 0) is 19.5 Å². The molecule has 2 aromatic heterocycles. The second-order valence-electron chi connectivity index (χ2n) is 6.63. The Balaban J connectivity index is 1.79. The van der Waals surface area contributed by atoms with E-state index in [4.69, 9.17) is 31.8 Å². The predicted octanol–water partition coefficient (Wildman–Crippen LogP) is -0.166. The molecule has 0 bridgehead atoms. The summed E-state index contributed by atoms with van der Waals surface area (Å²) in [7, 11) is 3.32. The molecular weight excluding hydrogens is 400 g/mol. The standard InChI is InChI=1S/C19H30N10O2/c1-12-4-5-14(30-12)10-26-18(22)27-17(21)25-9-8-13-6-7-15(31-13)11-29(3)19(23)28-16(20)24-2/h4-7H,8-11H2,1-3H3,(H4,20,23,24,28)(H5,21,22,25,26,27). The van der Waals surface area contributed by atoms with E-state index < -0.39 is 0 Å². The summed E-state index contributed by atoms with van der Waals surface area (Å²) in [5.74, 6) is 3.70. The van der Waals surface area contributed by atoms with Crippen LogP contribution in [0, 0.1) is 6.92 Å². The number of aryl methyl sites for hydroxylation is 1. The lowest BCUT2D eigenvalue weighted by molar-refractivity contribution is 0.391. The van der Waals surface area contributed by atoms with Gasteiger partial charge in [0.2, 0.25) is 5.96 Å². The number of nitrogens with two attached hydrogens (primary N) is 4. The zero-order valence-electron chi connectivity index (χ0n) is 18.0. The van der Waals surface area contributed by atoms with Gasteiger partial charge in [0.1, 0.15) is 29.6 Å². The van der Waals surface area contributed by atoms with Crippen molar-refractivity contribution in [1.29, 1.82) is 0 Å². The molecule has 0 amide bonds. The molecule has 12 nitrogen and oxygen atoms in total. The number of aliphatic imine (C=N–C) groups is 4. The molecule has 0 unspecified atom stereocenters. The maximum atomic E-state index is 5.87. The van der Waals surface area contributed by atoms with E-state index in [1.807, 2.05) is 31.2 Å². The van der Waals surface area contributed by atoms with Crippen LogP contribution in [0.1, 0.15) is 23.0 Å². The summed E-state index contributed by atoms with van der Waals surface area (Å²) in [6, 6.07) is 7.44. The molecule has 9 N–H and O–H groups in total. The van der Waals surface area contributed by atoms with Gasteiger partial charge in [-0.25, -0.2) is 4.99 Å². The van der Waals surface area contributed by atoms with Crippen LogP contribution in [-0.4, -0.2) is 49.4 Å². The lowest BCUT2D eigenvalue weighted by atomic mass is 10.3. The van der Waals surface area contributed by atoms with Crippen molar-refractivity contribution in [1.82, 2.24) is 10.2 Å². The average Bonchev–Trinajstić information content (AvgIpc) is 3.34. The third-order valence-corrected chi connectivity index (χ3v) is 4.06. The van der Waals surface area contributed by atoms with Gasteiger partial charge in [-0.05, 0) is 31.2 Å². The van der Waals surface area contributed by atoms with Crippen LogP contribution in [0.5, 0.6) is 0 Å². The molecule has 0 saturated carbocycles. The van der Waals surface area contributed by atoms with Gasteiger partial charge in [-0.2, -0.15) is 4.99 Å². The number of rotatable bonds is 7. The second-order valence-corrected chi connectivity index (χ2v) is 6.63. The molecule has 2 rings (SSSR count). The fourth-order valence-electron chi connectivity index (χ4n) is 2.44. The van der Waals surface area contributed by atoms with Gasteiger partial charge in [-0.1, -0.05) is 0 Å². The average molecular weight is 431 g/mol. The molecule has 12 heteroatoms. The Morgan fingerprint density at radius 2 is 1.65 bits per heavy atom. The number of hydrogen-bond donors (Lipinski definition) is 5. The molecule has 0 aromatic carbocycles. The lowest BCUT2D eigenvalue weighted by Gasteiger charge is -2.16. The highest BCUT2D eigenvalue weighted by atomic mass is 16.3. The normalized spacial score (nSPS) is 13.5. The zero-order valence-corrected chi connectivity index (χ0v) is 18.0. The molecule has 0 fully saturated rings. The SMILES string of the molecule is CN=C(N)N=C(N)N(C)Cc1ccc(CCN=C(N)NC(N)=NCc2ccc(C)o2)o1. The van der Waals surface area contributed by atoms with E-state index >= 15 is 0 Å². The van der Waals surface area contributed by atoms with Gasteiger partial charge in [0.25, 0.3) is 0 Å². The topological polar surface area (TPSA) is 195 Å². The lowest BCUT2D eigenvalue weighted by Crippen LogP contribution is -2.41. The maximum absolute atomic E-state index is 5.87. The first-order valence-electron chi connectivity index (χ1n) is 9.54. The zero-order chi connectivity index (χ0) is 22.8. The van der Waals surface area contributed by atoms with Crippen LogP contribution in [0.4, 0.5) is 0 Å². The van der Waals surface area contributed by atoms with Gasteiger partial charge < -0.3 is 36.7 Å². The van der Waals surface area contributed by atoms with Gasteiger partial charge >= 0.3 is 0 Å². The maximum Gasteiger partial charge on any atom is 0.218 e. The van der Waals surface area contributed by atoms with E-state index in [0.717, 1.165) is 17.3 Å². The summed E-state index contributed by atoms with van der Waals surface area (Å²) in [4.78, 5) is 17.8. The van der Waals surface area contributed by atoms with Crippen LogP contribution in [0.25, 0.3) is 0 Å². The first-order chi connectivity index (χ1) is 14.8. The van der Waals surface area contributed by atoms with E-state index in [1.54, 1.807) is 19.0 Å². The van der Waals surface area contributed by atoms with Crippen molar-refractivity contribution in [2.24, 2.45) is 42.9 Å². The summed E-state index contributed by atoms with van der Waals surface area (Å²) >= 11 is 0. The third kappa shape index (κ3) is 8.12. The Bertz CT molecular complexity index is 970. The molecule has 0 spiro atoms. The minimum Gasteiger partial charge on any atom is -0.464 e. The number of hydrogen-bond acceptors (Lipinski definition) is 5. The van der Waals surface area contributed by atoms with Crippen molar-refractivity contribution in [2.75, 3.05) is 20.6 Å². The molecule has 31 heavy (non-hydrogen) atoms. The van der Waals surface area contributed by atoms with Crippen molar-refractivity contribution in [3.63, 3.8) is 0 Å². The fourth-order valence-corrected chi connectivity index (χ4v) is 2.44. The quantitative estimate of drug-likeness (QED) is 0.295. The Morgan fingerprint density at radius 1 is 0.968 bits per heavy atom. The molecular formula is C19H30N10O2. The monoisotopic (exact) mass is 430 g/mol. The number of furan rings is 2. The first kappa shape index (κ1) is 23.3. The Labute approximate surface area is 180 Å². The fraction of sp³-hybridized carbons (Fsp3) is 0.368. The Kier molecular flexibility index (Phi) is 8.49. The van der Waals surface area contributed by atoms with Crippen molar-refractivity contribution in [3.05, 3.63) is 47.3 Å². The smallest absolute Gasteiger partial charge is 0.218 e. The minimum atomic E-state index is 0.107. The van der Waals surface area contributed by atoms with Gasteiger partial charge in [0.15, 0.2) is 17.9 Å². The molecule has 2 aromatic rings. The molecule has 2 heterocycles. The largest absolute Gasteiger partial charge is 0.464 e. The van der Waals surface area contributed by atoms with Gasteiger partial charge in [0.05, 0.1) is 6.54 Å². The number of nitrogens with one attached hydrogen (secondary N) is 1. The molecule has 0 aliphatic rings. The van der Waals surface area contributed by atoms with Crippen LogP contribution >= 0.6 is 0 Å². The highest BCUT2D eigenvalue weighted by molar-refractivity contribution is 5.97. The van der Waals surface area contributed by atoms with Crippen molar-refractivity contribution >= 4 is 23.8 Å². The summed E-state index contributed by atoms with van der Waals surface area (Å²) in [5.41, 5.74) is 23.1. The van der Waals surface area contributed by atoms with Crippen LogP contribution in [0.2, 0.25) is 0 Å². The molecule has 168 valence electrons. The van der Waals surface area contributed by atoms with E-state index in [9.17, 15) is 0 Å². The highest BCUT2D eigenvalue weighted by Gasteiger charge is 2.08. The Morgan fingerprint density at radius 3 is 2.32 bits per heavy atom. The molecule has 0 aliphatic heterocycles. The molecule has 0 aliphatic carbocycles. The number of guanidine groups is 4. The Hall–Kier alpha value is -3.96. The van der Waals surface area contributed by atoms with Crippen molar-refractivity contribution < 1.29 is 8.83 Å². The minimum absolute atomic E-state index is 0.107. The van der Waals surface area contributed by atoms with Gasteiger partial charge in [-0.15, -0.1) is 0 Å².